The number of carbonyl (C=O) groups excluding carboxylic acids is 1. The number of carbonyl (C=O) groups is 1. The molecule has 3 rings (SSSR count). The smallest absolute Gasteiger partial charge is 0.276 e. The molecule has 1 aromatic heterocycles. The Kier molecular flexibility index (Phi) is 5.73. The molecule has 27 heavy (non-hydrogen) atoms. The Morgan fingerprint density at radius 3 is 2.44 bits per heavy atom. The normalized spacial score (nSPS) is 10.2. The van der Waals surface area contributed by atoms with Crippen molar-refractivity contribution < 1.29 is 14.3 Å². The first kappa shape index (κ1) is 18.5. The first-order chi connectivity index (χ1) is 13.1. The lowest BCUT2D eigenvalue weighted by atomic mass is 10.2. The van der Waals surface area contributed by atoms with Crippen molar-refractivity contribution in [3.8, 4) is 11.5 Å². The molecule has 138 valence electrons. The van der Waals surface area contributed by atoms with Crippen LogP contribution in [0.5, 0.6) is 11.5 Å². The van der Waals surface area contributed by atoms with Crippen molar-refractivity contribution in [2.24, 2.45) is 0 Å². The maximum atomic E-state index is 12.4. The third-order valence-electron chi connectivity index (χ3n) is 3.69. The van der Waals surface area contributed by atoms with E-state index in [-0.39, 0.29) is 5.69 Å². The molecule has 0 bridgehead atoms. The van der Waals surface area contributed by atoms with Gasteiger partial charge in [-0.05, 0) is 36.4 Å². The van der Waals surface area contributed by atoms with E-state index in [1.165, 1.54) is 7.11 Å². The van der Waals surface area contributed by atoms with E-state index in [4.69, 9.17) is 21.1 Å². The second-order valence-electron chi connectivity index (χ2n) is 5.43. The first-order valence-electron chi connectivity index (χ1n) is 7.99. The van der Waals surface area contributed by atoms with Gasteiger partial charge in [-0.2, -0.15) is 0 Å². The molecule has 0 fully saturated rings. The number of methoxy groups -OCH3 is 2. The minimum absolute atomic E-state index is 0.164. The van der Waals surface area contributed by atoms with Crippen molar-refractivity contribution in [1.29, 1.82) is 0 Å². The number of nitrogens with zero attached hydrogens (tertiary/aromatic N) is 2. The molecule has 3 aromatic rings. The molecule has 0 saturated carbocycles. The van der Waals surface area contributed by atoms with E-state index in [2.05, 4.69) is 20.8 Å². The Balaban J connectivity index is 1.72. The number of aromatic nitrogens is 2. The minimum Gasteiger partial charge on any atom is -0.497 e. The first-order valence-corrected chi connectivity index (χ1v) is 8.37. The van der Waals surface area contributed by atoms with Crippen LogP contribution < -0.4 is 20.1 Å². The number of rotatable bonds is 6. The van der Waals surface area contributed by atoms with E-state index >= 15 is 0 Å². The zero-order chi connectivity index (χ0) is 19.2. The van der Waals surface area contributed by atoms with E-state index in [1.807, 2.05) is 18.2 Å². The molecule has 0 spiro atoms. The number of hydrogen-bond acceptors (Lipinski definition) is 6. The second-order valence-corrected chi connectivity index (χ2v) is 5.84. The quantitative estimate of drug-likeness (QED) is 0.664. The van der Waals surface area contributed by atoms with Crippen LogP contribution in [0.15, 0.2) is 54.6 Å². The standard InChI is InChI=1S/C19H17ClN4O3/c1-26-12-7-8-15(17(11-12)27-2)22-19(25)16-9-10-18(24-23-16)21-14-6-4-3-5-13(14)20/h3-11H,1-2H3,(H,21,24)(H,22,25). The molecule has 0 atom stereocenters. The van der Waals surface area contributed by atoms with E-state index in [0.717, 1.165) is 0 Å². The molecular weight excluding hydrogens is 368 g/mol. The van der Waals surface area contributed by atoms with Crippen LogP contribution in [0.25, 0.3) is 0 Å². The lowest BCUT2D eigenvalue weighted by molar-refractivity contribution is 0.102. The highest BCUT2D eigenvalue weighted by Crippen LogP contribution is 2.29. The summed E-state index contributed by atoms with van der Waals surface area (Å²) in [5.74, 6) is 1.17. The van der Waals surface area contributed by atoms with E-state index in [0.29, 0.717) is 33.7 Å². The molecule has 7 nitrogen and oxygen atoms in total. The molecule has 1 amide bonds. The van der Waals surface area contributed by atoms with E-state index in [1.54, 1.807) is 43.5 Å². The topological polar surface area (TPSA) is 85.4 Å². The monoisotopic (exact) mass is 384 g/mol. The van der Waals surface area contributed by atoms with Gasteiger partial charge in [0, 0.05) is 6.07 Å². The van der Waals surface area contributed by atoms with Crippen LogP contribution in [0.2, 0.25) is 5.02 Å². The van der Waals surface area contributed by atoms with Gasteiger partial charge in [0.15, 0.2) is 11.5 Å². The van der Waals surface area contributed by atoms with Crippen molar-refractivity contribution in [2.45, 2.75) is 0 Å². The third-order valence-corrected chi connectivity index (χ3v) is 4.02. The number of para-hydroxylation sites is 1. The van der Waals surface area contributed by atoms with Crippen LogP contribution >= 0.6 is 11.6 Å². The van der Waals surface area contributed by atoms with Gasteiger partial charge in [-0.1, -0.05) is 23.7 Å². The van der Waals surface area contributed by atoms with Crippen LogP contribution in [0.4, 0.5) is 17.2 Å². The highest BCUT2D eigenvalue weighted by atomic mass is 35.5. The van der Waals surface area contributed by atoms with Gasteiger partial charge in [0.1, 0.15) is 11.5 Å². The van der Waals surface area contributed by atoms with Crippen molar-refractivity contribution in [1.82, 2.24) is 10.2 Å². The van der Waals surface area contributed by atoms with Crippen LogP contribution in [0.3, 0.4) is 0 Å². The third kappa shape index (κ3) is 4.45. The zero-order valence-corrected chi connectivity index (χ0v) is 15.4. The van der Waals surface area contributed by atoms with Crippen LogP contribution in [-0.4, -0.2) is 30.3 Å². The fraction of sp³-hybridized carbons (Fsp3) is 0.105. The van der Waals surface area contributed by atoms with E-state index < -0.39 is 5.91 Å². The van der Waals surface area contributed by atoms with Crippen molar-refractivity contribution in [3.05, 3.63) is 65.3 Å². The van der Waals surface area contributed by atoms with Gasteiger partial charge in [0.05, 0.1) is 30.6 Å². The molecule has 0 radical (unpaired) electrons. The predicted molar refractivity (Wildman–Crippen MR) is 104 cm³/mol. The van der Waals surface area contributed by atoms with Gasteiger partial charge < -0.3 is 20.1 Å². The summed E-state index contributed by atoms with van der Waals surface area (Å²) >= 11 is 6.10. The van der Waals surface area contributed by atoms with Crippen LogP contribution in [0.1, 0.15) is 10.5 Å². The number of anilines is 3. The molecule has 0 saturated heterocycles. The van der Waals surface area contributed by atoms with E-state index in [9.17, 15) is 4.79 Å². The molecule has 0 aliphatic heterocycles. The molecule has 1 heterocycles. The highest BCUT2D eigenvalue weighted by molar-refractivity contribution is 6.33. The number of ether oxygens (including phenoxy) is 2. The number of amides is 1. The number of halogens is 1. The lowest BCUT2D eigenvalue weighted by Crippen LogP contribution is -2.15. The molecule has 0 aliphatic carbocycles. The summed E-state index contributed by atoms with van der Waals surface area (Å²) in [6, 6.07) is 15.6. The van der Waals surface area contributed by atoms with Crippen molar-refractivity contribution >= 4 is 34.7 Å². The molecule has 2 aromatic carbocycles. The lowest BCUT2D eigenvalue weighted by Gasteiger charge is -2.11. The molecule has 0 aliphatic rings. The zero-order valence-electron chi connectivity index (χ0n) is 14.7. The number of benzene rings is 2. The summed E-state index contributed by atoms with van der Waals surface area (Å²) in [7, 11) is 3.07. The fourth-order valence-corrected chi connectivity index (χ4v) is 2.49. The van der Waals surface area contributed by atoms with Gasteiger partial charge in [-0.15, -0.1) is 10.2 Å². The highest BCUT2D eigenvalue weighted by Gasteiger charge is 2.13. The minimum atomic E-state index is -0.407. The summed E-state index contributed by atoms with van der Waals surface area (Å²) in [5, 5.41) is 14.3. The summed E-state index contributed by atoms with van der Waals surface area (Å²) < 4.78 is 10.4. The average Bonchev–Trinajstić information content (AvgIpc) is 2.70. The number of nitrogens with one attached hydrogen (secondary N) is 2. The second kappa shape index (κ2) is 8.37. The van der Waals surface area contributed by atoms with Gasteiger partial charge in [-0.3, -0.25) is 4.79 Å². The summed E-state index contributed by atoms with van der Waals surface area (Å²) in [4.78, 5) is 12.4. The summed E-state index contributed by atoms with van der Waals surface area (Å²) in [6.07, 6.45) is 0. The van der Waals surface area contributed by atoms with Crippen molar-refractivity contribution in [3.63, 3.8) is 0 Å². The van der Waals surface area contributed by atoms with Crippen LogP contribution in [0, 0.1) is 0 Å². The Morgan fingerprint density at radius 1 is 0.963 bits per heavy atom. The van der Waals surface area contributed by atoms with Gasteiger partial charge in [0.2, 0.25) is 0 Å². The Labute approximate surface area is 161 Å². The Hall–Kier alpha value is -3.32. The molecule has 8 heteroatoms. The fourth-order valence-electron chi connectivity index (χ4n) is 2.31. The Morgan fingerprint density at radius 2 is 1.78 bits per heavy atom. The largest absolute Gasteiger partial charge is 0.497 e. The maximum Gasteiger partial charge on any atom is 0.276 e. The molecule has 0 unspecified atom stereocenters. The van der Waals surface area contributed by atoms with Gasteiger partial charge in [0.25, 0.3) is 5.91 Å². The van der Waals surface area contributed by atoms with Crippen molar-refractivity contribution in [2.75, 3.05) is 24.9 Å². The van der Waals surface area contributed by atoms with Gasteiger partial charge in [-0.25, -0.2) is 0 Å². The SMILES string of the molecule is COc1ccc(NC(=O)c2ccc(Nc3ccccc3Cl)nn2)c(OC)c1. The Bertz CT molecular complexity index is 948. The predicted octanol–water partition coefficient (Wildman–Crippen LogP) is 4.14. The number of hydrogen-bond donors (Lipinski definition) is 2. The summed E-state index contributed by atoms with van der Waals surface area (Å²) in [5.41, 5.74) is 1.37. The molecular formula is C19H17ClN4O3. The summed E-state index contributed by atoms with van der Waals surface area (Å²) in [6.45, 7) is 0. The van der Waals surface area contributed by atoms with Crippen LogP contribution in [-0.2, 0) is 0 Å². The average molecular weight is 385 g/mol. The van der Waals surface area contributed by atoms with Gasteiger partial charge >= 0.3 is 0 Å². The maximum absolute atomic E-state index is 12.4. The molecule has 2 N–H and O–H groups in total.